The van der Waals surface area contributed by atoms with Crippen LogP contribution in [-0.2, 0) is 16.2 Å². The maximum absolute atomic E-state index is 10.2. The highest BCUT2D eigenvalue weighted by Crippen LogP contribution is 2.32. The van der Waals surface area contributed by atoms with Crippen molar-refractivity contribution in [1.82, 2.24) is 5.48 Å². The molecule has 0 fully saturated rings. The van der Waals surface area contributed by atoms with Crippen LogP contribution in [0.15, 0.2) is 18.2 Å². The lowest BCUT2D eigenvalue weighted by molar-refractivity contribution is -0.138. The third-order valence-corrected chi connectivity index (χ3v) is 2.23. The van der Waals surface area contributed by atoms with Gasteiger partial charge in [-0.2, -0.15) is 5.48 Å². The van der Waals surface area contributed by atoms with Crippen molar-refractivity contribution in [3.05, 3.63) is 23.8 Å². The van der Waals surface area contributed by atoms with Gasteiger partial charge in [0.25, 0.3) is 0 Å². The Bertz CT molecular complexity index is 407. The first-order valence-corrected chi connectivity index (χ1v) is 5.20. The van der Waals surface area contributed by atoms with Crippen LogP contribution >= 0.6 is 0 Å². The lowest BCUT2D eigenvalue weighted by atomic mass is 10.2. The average Bonchev–Trinajstić information content (AvgIpc) is 2.75. The van der Waals surface area contributed by atoms with E-state index in [1.807, 2.05) is 18.2 Å². The lowest BCUT2D eigenvalue weighted by Gasteiger charge is -2.05. The quantitative estimate of drug-likeness (QED) is 0.567. The maximum atomic E-state index is 10.2. The molecule has 1 heterocycles. The predicted molar refractivity (Wildman–Crippen MR) is 57.6 cm³/mol. The van der Waals surface area contributed by atoms with Crippen LogP contribution in [0, 0.1) is 0 Å². The highest BCUT2D eigenvalue weighted by molar-refractivity contribution is 5.66. The Balaban J connectivity index is 1.74. The highest BCUT2D eigenvalue weighted by Gasteiger charge is 2.12. The van der Waals surface area contributed by atoms with Gasteiger partial charge in [-0.25, -0.2) is 0 Å². The number of aliphatic carboxylic acids is 1. The van der Waals surface area contributed by atoms with Gasteiger partial charge < -0.3 is 19.4 Å². The van der Waals surface area contributed by atoms with Crippen LogP contribution < -0.4 is 15.0 Å². The fourth-order valence-electron chi connectivity index (χ4n) is 1.40. The molecule has 0 amide bonds. The van der Waals surface area contributed by atoms with Crippen molar-refractivity contribution in [2.45, 2.75) is 13.0 Å². The summed E-state index contributed by atoms with van der Waals surface area (Å²) >= 11 is 0. The third kappa shape index (κ3) is 3.33. The molecule has 2 rings (SSSR count). The molecular formula is C11H13NO5. The molecule has 1 aliphatic rings. The number of rotatable bonds is 6. The van der Waals surface area contributed by atoms with Crippen LogP contribution in [0.4, 0.5) is 0 Å². The van der Waals surface area contributed by atoms with Crippen molar-refractivity contribution in [3.8, 4) is 11.5 Å². The van der Waals surface area contributed by atoms with Crippen molar-refractivity contribution < 1.29 is 24.2 Å². The van der Waals surface area contributed by atoms with Gasteiger partial charge in [-0.3, -0.25) is 4.79 Å². The molecule has 6 heteroatoms. The minimum Gasteiger partial charge on any atom is -0.481 e. The Morgan fingerprint density at radius 2 is 2.24 bits per heavy atom. The van der Waals surface area contributed by atoms with Crippen LogP contribution in [0.2, 0.25) is 0 Å². The molecule has 0 saturated heterocycles. The standard InChI is InChI=1S/C11H13NO5/c13-11(14)3-4-17-12-6-8-1-2-9-10(5-8)16-7-15-9/h1-2,5,12H,3-4,6-7H2,(H,13,14). The third-order valence-electron chi connectivity index (χ3n) is 2.23. The van der Waals surface area contributed by atoms with Gasteiger partial charge in [0.1, 0.15) is 0 Å². The van der Waals surface area contributed by atoms with E-state index in [9.17, 15) is 4.79 Å². The monoisotopic (exact) mass is 239 g/mol. The van der Waals surface area contributed by atoms with Gasteiger partial charge in [0.15, 0.2) is 11.5 Å². The molecule has 1 aromatic carbocycles. The molecule has 0 bridgehead atoms. The molecule has 0 aliphatic carbocycles. The number of nitrogens with one attached hydrogen (secondary N) is 1. The number of hydroxylamine groups is 1. The zero-order valence-electron chi connectivity index (χ0n) is 9.14. The normalized spacial score (nSPS) is 12.7. The van der Waals surface area contributed by atoms with E-state index in [1.165, 1.54) is 0 Å². The fraction of sp³-hybridized carbons (Fsp3) is 0.364. The van der Waals surface area contributed by atoms with Crippen LogP contribution in [0.25, 0.3) is 0 Å². The fourth-order valence-corrected chi connectivity index (χ4v) is 1.40. The number of hydrogen-bond donors (Lipinski definition) is 2. The smallest absolute Gasteiger partial charge is 0.305 e. The second-order valence-corrected chi connectivity index (χ2v) is 3.50. The van der Waals surface area contributed by atoms with Crippen LogP contribution in [-0.4, -0.2) is 24.5 Å². The zero-order chi connectivity index (χ0) is 12.1. The Hall–Kier alpha value is -1.79. The molecule has 1 aliphatic heterocycles. The second-order valence-electron chi connectivity index (χ2n) is 3.50. The first-order valence-electron chi connectivity index (χ1n) is 5.20. The second kappa shape index (κ2) is 5.51. The molecule has 0 atom stereocenters. The SMILES string of the molecule is O=C(O)CCONCc1ccc2c(c1)OCO2. The van der Waals surface area contributed by atoms with Gasteiger partial charge in [-0.1, -0.05) is 6.07 Å². The molecule has 92 valence electrons. The van der Waals surface area contributed by atoms with E-state index in [0.717, 1.165) is 17.1 Å². The van der Waals surface area contributed by atoms with Crippen molar-refractivity contribution in [1.29, 1.82) is 0 Å². The lowest BCUT2D eigenvalue weighted by Crippen LogP contribution is -2.16. The van der Waals surface area contributed by atoms with Gasteiger partial charge in [0.05, 0.1) is 13.0 Å². The first kappa shape index (κ1) is 11.7. The minimum absolute atomic E-state index is 0.0197. The van der Waals surface area contributed by atoms with E-state index >= 15 is 0 Å². The van der Waals surface area contributed by atoms with Crippen molar-refractivity contribution in [3.63, 3.8) is 0 Å². The Labute approximate surface area is 98.1 Å². The zero-order valence-corrected chi connectivity index (χ0v) is 9.14. The molecule has 6 nitrogen and oxygen atoms in total. The summed E-state index contributed by atoms with van der Waals surface area (Å²) in [6.07, 6.45) is -0.0197. The number of ether oxygens (including phenoxy) is 2. The van der Waals surface area contributed by atoms with Gasteiger partial charge in [0.2, 0.25) is 6.79 Å². The van der Waals surface area contributed by atoms with Crippen LogP contribution in [0.1, 0.15) is 12.0 Å². The maximum Gasteiger partial charge on any atom is 0.305 e. The van der Waals surface area contributed by atoms with E-state index in [2.05, 4.69) is 5.48 Å². The Morgan fingerprint density at radius 1 is 1.41 bits per heavy atom. The molecule has 1 aromatic rings. The number of carbonyl (C=O) groups is 1. The van der Waals surface area contributed by atoms with Gasteiger partial charge in [-0.05, 0) is 17.7 Å². The van der Waals surface area contributed by atoms with E-state index in [-0.39, 0.29) is 19.8 Å². The van der Waals surface area contributed by atoms with E-state index in [4.69, 9.17) is 19.4 Å². The topological polar surface area (TPSA) is 77.0 Å². The summed E-state index contributed by atoms with van der Waals surface area (Å²) < 4.78 is 10.4. The first-order chi connectivity index (χ1) is 8.25. The minimum atomic E-state index is -0.880. The molecular weight excluding hydrogens is 226 g/mol. The van der Waals surface area contributed by atoms with E-state index in [1.54, 1.807) is 0 Å². The van der Waals surface area contributed by atoms with Crippen LogP contribution in [0.3, 0.4) is 0 Å². The number of benzene rings is 1. The van der Waals surface area contributed by atoms with Crippen molar-refractivity contribution >= 4 is 5.97 Å². The van der Waals surface area contributed by atoms with Crippen molar-refractivity contribution in [2.75, 3.05) is 13.4 Å². The van der Waals surface area contributed by atoms with Crippen LogP contribution in [0.5, 0.6) is 11.5 Å². The largest absolute Gasteiger partial charge is 0.481 e. The summed E-state index contributed by atoms with van der Waals surface area (Å²) in [5.41, 5.74) is 3.66. The molecule has 0 spiro atoms. The summed E-state index contributed by atoms with van der Waals surface area (Å²) in [6.45, 7) is 0.872. The Kier molecular flexibility index (Phi) is 3.79. The summed E-state index contributed by atoms with van der Waals surface area (Å²) in [7, 11) is 0. The molecule has 2 N–H and O–H groups in total. The van der Waals surface area contributed by atoms with E-state index in [0.29, 0.717) is 6.54 Å². The van der Waals surface area contributed by atoms with Gasteiger partial charge in [0, 0.05) is 6.54 Å². The van der Waals surface area contributed by atoms with E-state index < -0.39 is 5.97 Å². The van der Waals surface area contributed by atoms with Gasteiger partial charge >= 0.3 is 5.97 Å². The summed E-state index contributed by atoms with van der Waals surface area (Å²) in [6, 6.07) is 5.58. The molecule has 17 heavy (non-hydrogen) atoms. The molecule has 0 saturated carbocycles. The van der Waals surface area contributed by atoms with Crippen molar-refractivity contribution in [2.24, 2.45) is 0 Å². The number of carboxylic acid groups (broad SMARTS) is 1. The summed E-state index contributed by atoms with van der Waals surface area (Å²) in [5.74, 6) is 0.574. The van der Waals surface area contributed by atoms with Gasteiger partial charge in [-0.15, -0.1) is 0 Å². The number of hydrogen-bond acceptors (Lipinski definition) is 5. The average molecular weight is 239 g/mol. The number of carboxylic acids is 1. The highest BCUT2D eigenvalue weighted by atomic mass is 16.7. The molecule has 0 radical (unpaired) electrons. The Morgan fingerprint density at radius 3 is 3.06 bits per heavy atom. The predicted octanol–water partition coefficient (Wildman–Crippen LogP) is 0.911. The number of fused-ring (bicyclic) bond motifs is 1. The summed E-state index contributed by atoms with van der Waals surface area (Å²) in [5, 5.41) is 8.40. The summed E-state index contributed by atoms with van der Waals surface area (Å²) in [4.78, 5) is 15.2. The molecule has 0 aromatic heterocycles. The molecule has 0 unspecified atom stereocenters.